The first-order valence-electron chi connectivity index (χ1n) is 7.20. The van der Waals surface area contributed by atoms with E-state index < -0.39 is 22.6 Å². The molecule has 0 unspecified atom stereocenters. The average Bonchev–Trinajstić information content (AvgIpc) is 2.60. The van der Waals surface area contributed by atoms with E-state index in [0.29, 0.717) is 5.69 Å². The van der Waals surface area contributed by atoms with Gasteiger partial charge >= 0.3 is 0 Å². The SMILES string of the molecule is Cc1ccc(F)cc1NCC(=O)NNC(=O)c1ccc([N+](=O)[O-])cc1. The van der Waals surface area contributed by atoms with E-state index in [1.54, 1.807) is 13.0 Å². The molecule has 8 nitrogen and oxygen atoms in total. The lowest BCUT2D eigenvalue weighted by Crippen LogP contribution is -2.44. The molecule has 0 saturated heterocycles. The second-order valence-electron chi connectivity index (χ2n) is 5.12. The molecule has 130 valence electrons. The van der Waals surface area contributed by atoms with Crippen molar-refractivity contribution in [1.29, 1.82) is 0 Å². The van der Waals surface area contributed by atoms with Gasteiger partial charge in [-0.25, -0.2) is 4.39 Å². The number of carbonyl (C=O) groups is 2. The van der Waals surface area contributed by atoms with Gasteiger partial charge in [-0.2, -0.15) is 0 Å². The summed E-state index contributed by atoms with van der Waals surface area (Å²) < 4.78 is 13.2. The molecule has 0 bridgehead atoms. The zero-order chi connectivity index (χ0) is 18.4. The lowest BCUT2D eigenvalue weighted by molar-refractivity contribution is -0.384. The number of nitrogens with zero attached hydrogens (tertiary/aromatic N) is 1. The standard InChI is InChI=1S/C16H15FN4O4/c1-10-2-5-12(17)8-14(10)18-9-15(22)19-20-16(23)11-3-6-13(7-4-11)21(24)25/h2-8,18H,9H2,1H3,(H,19,22)(H,20,23). The van der Waals surface area contributed by atoms with Crippen LogP contribution < -0.4 is 16.2 Å². The number of aryl methyl sites for hydroxylation is 1. The van der Waals surface area contributed by atoms with Crippen LogP contribution in [0.5, 0.6) is 0 Å². The smallest absolute Gasteiger partial charge is 0.269 e. The van der Waals surface area contributed by atoms with Gasteiger partial charge in [-0.3, -0.25) is 30.6 Å². The van der Waals surface area contributed by atoms with Gasteiger partial charge in [0.05, 0.1) is 11.5 Å². The minimum atomic E-state index is -0.620. The number of hydrogen-bond donors (Lipinski definition) is 3. The fraction of sp³-hybridized carbons (Fsp3) is 0.125. The number of benzene rings is 2. The van der Waals surface area contributed by atoms with Gasteiger partial charge in [0.15, 0.2) is 0 Å². The third kappa shape index (κ3) is 4.99. The largest absolute Gasteiger partial charge is 0.376 e. The summed E-state index contributed by atoms with van der Waals surface area (Å²) in [5, 5.41) is 13.3. The lowest BCUT2D eigenvalue weighted by atomic mass is 10.2. The molecule has 9 heteroatoms. The Kier molecular flexibility index (Phi) is 5.62. The van der Waals surface area contributed by atoms with Crippen molar-refractivity contribution in [2.45, 2.75) is 6.92 Å². The number of carbonyl (C=O) groups excluding carboxylic acids is 2. The summed E-state index contributed by atoms with van der Waals surface area (Å²) in [6.07, 6.45) is 0. The first-order valence-corrected chi connectivity index (χ1v) is 7.20. The summed E-state index contributed by atoms with van der Waals surface area (Å²) >= 11 is 0. The number of amides is 2. The van der Waals surface area contributed by atoms with Crippen LogP contribution in [0.2, 0.25) is 0 Å². The molecule has 0 heterocycles. The van der Waals surface area contributed by atoms with Crippen molar-refractivity contribution in [3.05, 3.63) is 69.5 Å². The number of nitrogens with one attached hydrogen (secondary N) is 3. The molecular weight excluding hydrogens is 331 g/mol. The van der Waals surface area contributed by atoms with Crippen LogP contribution in [0, 0.1) is 22.9 Å². The zero-order valence-electron chi connectivity index (χ0n) is 13.2. The van der Waals surface area contributed by atoms with E-state index in [1.807, 2.05) is 0 Å². The molecule has 2 rings (SSSR count). The van der Waals surface area contributed by atoms with Crippen molar-refractivity contribution in [2.24, 2.45) is 0 Å². The highest BCUT2D eigenvalue weighted by molar-refractivity contribution is 5.95. The van der Waals surface area contributed by atoms with E-state index in [2.05, 4.69) is 16.2 Å². The second-order valence-corrected chi connectivity index (χ2v) is 5.12. The van der Waals surface area contributed by atoms with Crippen molar-refractivity contribution in [3.63, 3.8) is 0 Å². The van der Waals surface area contributed by atoms with Gasteiger partial charge in [0.2, 0.25) is 0 Å². The van der Waals surface area contributed by atoms with Gasteiger partial charge < -0.3 is 5.32 Å². The molecule has 0 spiro atoms. The topological polar surface area (TPSA) is 113 Å². The number of hydrogen-bond acceptors (Lipinski definition) is 5. The first kappa shape index (κ1) is 17.9. The minimum Gasteiger partial charge on any atom is -0.376 e. The van der Waals surface area contributed by atoms with Crippen LogP contribution in [0.1, 0.15) is 15.9 Å². The average molecular weight is 346 g/mol. The van der Waals surface area contributed by atoms with Crippen LogP contribution in [0.15, 0.2) is 42.5 Å². The molecule has 0 aliphatic heterocycles. The Labute approximate surface area is 142 Å². The number of nitro benzene ring substituents is 1. The Bertz CT molecular complexity index is 808. The van der Waals surface area contributed by atoms with Crippen molar-refractivity contribution >= 4 is 23.2 Å². The molecular formula is C16H15FN4O4. The molecule has 0 radical (unpaired) electrons. The van der Waals surface area contributed by atoms with Crippen LogP contribution in [0.3, 0.4) is 0 Å². The van der Waals surface area contributed by atoms with E-state index in [9.17, 15) is 24.1 Å². The molecule has 3 N–H and O–H groups in total. The van der Waals surface area contributed by atoms with E-state index in [0.717, 1.165) is 5.56 Å². The summed E-state index contributed by atoms with van der Waals surface area (Å²) in [7, 11) is 0. The highest BCUT2D eigenvalue weighted by Gasteiger charge is 2.10. The lowest BCUT2D eigenvalue weighted by Gasteiger charge is -2.11. The highest BCUT2D eigenvalue weighted by atomic mass is 19.1. The number of rotatable bonds is 5. The van der Waals surface area contributed by atoms with Gasteiger partial charge in [0.1, 0.15) is 5.82 Å². The van der Waals surface area contributed by atoms with E-state index in [-0.39, 0.29) is 17.8 Å². The minimum absolute atomic E-state index is 0.143. The first-order chi connectivity index (χ1) is 11.9. The predicted molar refractivity (Wildman–Crippen MR) is 88.3 cm³/mol. The summed E-state index contributed by atoms with van der Waals surface area (Å²) in [5.74, 6) is -1.59. The Morgan fingerprint density at radius 3 is 2.44 bits per heavy atom. The second kappa shape index (κ2) is 7.86. The molecule has 0 aliphatic rings. The fourth-order valence-corrected chi connectivity index (χ4v) is 1.94. The van der Waals surface area contributed by atoms with Crippen LogP contribution in [-0.2, 0) is 4.79 Å². The maximum absolute atomic E-state index is 13.2. The molecule has 0 fully saturated rings. The highest BCUT2D eigenvalue weighted by Crippen LogP contribution is 2.15. The van der Waals surface area contributed by atoms with Crippen molar-refractivity contribution in [2.75, 3.05) is 11.9 Å². The molecule has 2 aromatic carbocycles. The van der Waals surface area contributed by atoms with E-state index in [1.165, 1.54) is 36.4 Å². The quantitative estimate of drug-likeness (QED) is 0.565. The molecule has 0 aliphatic carbocycles. The van der Waals surface area contributed by atoms with E-state index in [4.69, 9.17) is 0 Å². The number of halogens is 1. The Hall–Kier alpha value is -3.49. The Balaban J connectivity index is 1.84. The van der Waals surface area contributed by atoms with Gasteiger partial charge in [-0.15, -0.1) is 0 Å². The summed E-state index contributed by atoms with van der Waals surface area (Å²) in [6, 6.07) is 9.06. The molecule has 0 saturated carbocycles. The number of nitro groups is 1. The monoisotopic (exact) mass is 346 g/mol. The summed E-state index contributed by atoms with van der Waals surface area (Å²) in [4.78, 5) is 33.5. The fourth-order valence-electron chi connectivity index (χ4n) is 1.94. The molecule has 0 aromatic heterocycles. The van der Waals surface area contributed by atoms with Gasteiger partial charge in [-0.1, -0.05) is 6.07 Å². The number of anilines is 1. The van der Waals surface area contributed by atoms with Gasteiger partial charge in [-0.05, 0) is 36.8 Å². The van der Waals surface area contributed by atoms with Crippen LogP contribution in [0.4, 0.5) is 15.8 Å². The van der Waals surface area contributed by atoms with Crippen molar-refractivity contribution < 1.29 is 18.9 Å². The predicted octanol–water partition coefficient (Wildman–Crippen LogP) is 1.92. The van der Waals surface area contributed by atoms with Gasteiger partial charge in [0, 0.05) is 23.4 Å². The van der Waals surface area contributed by atoms with Crippen LogP contribution >= 0.6 is 0 Å². The molecule has 25 heavy (non-hydrogen) atoms. The van der Waals surface area contributed by atoms with Crippen molar-refractivity contribution in [1.82, 2.24) is 10.9 Å². The molecule has 2 aromatic rings. The Morgan fingerprint density at radius 2 is 1.80 bits per heavy atom. The number of hydrazine groups is 1. The molecule has 0 atom stereocenters. The maximum Gasteiger partial charge on any atom is 0.269 e. The van der Waals surface area contributed by atoms with Crippen LogP contribution in [-0.4, -0.2) is 23.3 Å². The number of non-ortho nitro benzene ring substituents is 1. The zero-order valence-corrected chi connectivity index (χ0v) is 13.2. The molecule has 2 amide bonds. The summed E-state index contributed by atoms with van der Waals surface area (Å²) in [5.41, 5.74) is 5.63. The van der Waals surface area contributed by atoms with Crippen molar-refractivity contribution in [3.8, 4) is 0 Å². The third-order valence-electron chi connectivity index (χ3n) is 3.29. The summed E-state index contributed by atoms with van der Waals surface area (Å²) in [6.45, 7) is 1.58. The van der Waals surface area contributed by atoms with E-state index >= 15 is 0 Å². The maximum atomic E-state index is 13.2. The van der Waals surface area contributed by atoms with Gasteiger partial charge in [0.25, 0.3) is 17.5 Å². The normalized spacial score (nSPS) is 10.0. The third-order valence-corrected chi connectivity index (χ3v) is 3.29. The Morgan fingerprint density at radius 1 is 1.12 bits per heavy atom. The van der Waals surface area contributed by atoms with Crippen LogP contribution in [0.25, 0.3) is 0 Å².